The van der Waals surface area contributed by atoms with Crippen LogP contribution >= 0.6 is 12.4 Å². The average molecular weight is 353 g/mol. The van der Waals surface area contributed by atoms with E-state index in [0.717, 1.165) is 42.9 Å². The zero-order chi connectivity index (χ0) is 16.1. The van der Waals surface area contributed by atoms with Crippen molar-refractivity contribution >= 4 is 12.4 Å². The molecule has 1 aliphatic rings. The molecule has 1 N–H and O–H groups in total. The number of nitrogens with zero attached hydrogens (tertiary/aromatic N) is 1. The van der Waals surface area contributed by atoms with Crippen molar-refractivity contribution in [2.45, 2.75) is 18.9 Å². The first kappa shape index (κ1) is 18.8. The molecule has 2 aromatic rings. The van der Waals surface area contributed by atoms with Crippen LogP contribution in [-0.4, -0.2) is 37.5 Å². The molecule has 1 heterocycles. The van der Waals surface area contributed by atoms with Gasteiger partial charge in [-0.15, -0.1) is 12.4 Å². The van der Waals surface area contributed by atoms with Crippen molar-refractivity contribution in [2.24, 2.45) is 0 Å². The Hall–Kier alpha value is -1.49. The fourth-order valence-electron chi connectivity index (χ4n) is 3.21. The van der Waals surface area contributed by atoms with Gasteiger partial charge in [-0.05, 0) is 22.8 Å². The van der Waals surface area contributed by atoms with E-state index in [2.05, 4.69) is 16.3 Å². The molecule has 5 heteroatoms. The van der Waals surface area contributed by atoms with Gasteiger partial charge < -0.3 is 5.32 Å². The molecule has 1 atom stereocenters. The normalized spacial score (nSPS) is 16.6. The summed E-state index contributed by atoms with van der Waals surface area (Å²) in [4.78, 5) is 2.17. The van der Waals surface area contributed by atoms with E-state index in [1.165, 1.54) is 0 Å². The first-order valence-electron chi connectivity index (χ1n) is 8.12. The third-order valence-electron chi connectivity index (χ3n) is 4.37. The van der Waals surface area contributed by atoms with Crippen LogP contribution in [0.15, 0.2) is 54.6 Å². The minimum absolute atomic E-state index is 0. The molecule has 0 aliphatic carbocycles. The Morgan fingerprint density at radius 1 is 0.917 bits per heavy atom. The maximum Gasteiger partial charge on any atom is 0.240 e. The zero-order valence-electron chi connectivity index (χ0n) is 13.5. The highest BCUT2D eigenvalue weighted by molar-refractivity contribution is 5.85. The first-order valence-corrected chi connectivity index (χ1v) is 8.12. The number of nitrogens with one attached hydrogen (secondary N) is 1. The highest BCUT2D eigenvalue weighted by Crippen LogP contribution is 2.30. The molecule has 0 unspecified atom stereocenters. The highest BCUT2D eigenvalue weighted by Gasteiger charge is 2.25. The van der Waals surface area contributed by atoms with Crippen LogP contribution in [0.4, 0.5) is 8.78 Å². The summed E-state index contributed by atoms with van der Waals surface area (Å²) in [6, 6.07) is 17.9. The summed E-state index contributed by atoms with van der Waals surface area (Å²) in [5.74, 6) is 0. The van der Waals surface area contributed by atoms with Crippen LogP contribution in [0.1, 0.15) is 18.0 Å². The van der Waals surface area contributed by atoms with Gasteiger partial charge in [0.2, 0.25) is 6.43 Å². The molecule has 130 valence electrons. The largest absolute Gasteiger partial charge is 0.314 e. The molecular formula is C19H23ClF2N2. The monoisotopic (exact) mass is 352 g/mol. The van der Waals surface area contributed by atoms with Gasteiger partial charge in [-0.2, -0.15) is 0 Å². The maximum absolute atomic E-state index is 13.1. The summed E-state index contributed by atoms with van der Waals surface area (Å²) < 4.78 is 26.2. The average Bonchev–Trinajstić information content (AvgIpc) is 2.61. The summed E-state index contributed by atoms with van der Waals surface area (Å²) in [5.41, 5.74) is 3.18. The lowest BCUT2D eigenvalue weighted by atomic mass is 9.96. The lowest BCUT2D eigenvalue weighted by Gasteiger charge is -2.35. The fraction of sp³-hybridized carbons (Fsp3) is 0.368. The summed E-state index contributed by atoms with van der Waals surface area (Å²) in [7, 11) is 0. The molecule has 0 spiro atoms. The van der Waals surface area contributed by atoms with E-state index in [9.17, 15) is 8.78 Å². The second-order valence-corrected chi connectivity index (χ2v) is 5.92. The van der Waals surface area contributed by atoms with E-state index >= 15 is 0 Å². The number of piperazine rings is 1. The van der Waals surface area contributed by atoms with Crippen molar-refractivity contribution in [3.8, 4) is 11.1 Å². The highest BCUT2D eigenvalue weighted by atomic mass is 35.5. The van der Waals surface area contributed by atoms with E-state index in [4.69, 9.17) is 0 Å². The Kier molecular flexibility index (Phi) is 7.16. The van der Waals surface area contributed by atoms with Gasteiger partial charge >= 0.3 is 0 Å². The minimum atomic E-state index is -2.30. The third-order valence-corrected chi connectivity index (χ3v) is 4.37. The van der Waals surface area contributed by atoms with Crippen LogP contribution in [0, 0.1) is 0 Å². The van der Waals surface area contributed by atoms with Crippen molar-refractivity contribution in [3.05, 3.63) is 60.2 Å². The van der Waals surface area contributed by atoms with Crippen LogP contribution < -0.4 is 5.32 Å². The molecule has 3 rings (SSSR count). The maximum atomic E-state index is 13.1. The lowest BCUT2D eigenvalue weighted by molar-refractivity contribution is 0.0739. The van der Waals surface area contributed by atoms with Crippen molar-refractivity contribution in [3.63, 3.8) is 0 Å². The number of rotatable bonds is 5. The molecule has 2 nitrogen and oxygen atoms in total. The summed E-state index contributed by atoms with van der Waals surface area (Å²) in [5, 5.41) is 3.28. The number of hydrogen-bond acceptors (Lipinski definition) is 2. The van der Waals surface area contributed by atoms with Crippen LogP contribution in [-0.2, 0) is 0 Å². The van der Waals surface area contributed by atoms with Gasteiger partial charge in [0, 0.05) is 38.6 Å². The molecule has 1 fully saturated rings. The SMILES string of the molecule is Cl.FC(F)C[C@@H](c1cccc(-c2ccccc2)c1)N1CCNCC1. The zero-order valence-corrected chi connectivity index (χ0v) is 14.3. The molecule has 1 saturated heterocycles. The summed E-state index contributed by atoms with van der Waals surface area (Å²) in [6.45, 7) is 3.34. The second kappa shape index (κ2) is 9.11. The van der Waals surface area contributed by atoms with Gasteiger partial charge in [0.1, 0.15) is 0 Å². The molecule has 2 aromatic carbocycles. The standard InChI is InChI=1S/C19H22F2N2.ClH/c20-19(21)14-18(23-11-9-22-10-12-23)17-8-4-7-16(13-17)15-5-2-1-3-6-15;/h1-8,13,18-19,22H,9-12,14H2;1H/t18-;/m0./s1. The van der Waals surface area contributed by atoms with Crippen LogP contribution in [0.25, 0.3) is 11.1 Å². The third kappa shape index (κ3) is 4.76. The van der Waals surface area contributed by atoms with E-state index < -0.39 is 6.43 Å². The van der Waals surface area contributed by atoms with Crippen molar-refractivity contribution < 1.29 is 8.78 Å². The Morgan fingerprint density at radius 3 is 2.25 bits per heavy atom. The van der Waals surface area contributed by atoms with Crippen LogP contribution in [0.3, 0.4) is 0 Å². The number of benzene rings is 2. The molecular weight excluding hydrogens is 330 g/mol. The molecule has 0 saturated carbocycles. The topological polar surface area (TPSA) is 15.3 Å². The van der Waals surface area contributed by atoms with E-state index in [1.807, 2.05) is 48.5 Å². The fourth-order valence-corrected chi connectivity index (χ4v) is 3.21. The minimum Gasteiger partial charge on any atom is -0.314 e. The Morgan fingerprint density at radius 2 is 1.58 bits per heavy atom. The second-order valence-electron chi connectivity index (χ2n) is 5.92. The van der Waals surface area contributed by atoms with Crippen molar-refractivity contribution in [1.29, 1.82) is 0 Å². The number of alkyl halides is 2. The van der Waals surface area contributed by atoms with Gasteiger partial charge in [0.25, 0.3) is 0 Å². The van der Waals surface area contributed by atoms with E-state index in [0.29, 0.717) is 0 Å². The predicted octanol–water partition coefficient (Wildman–Crippen LogP) is 4.38. The quantitative estimate of drug-likeness (QED) is 0.859. The van der Waals surface area contributed by atoms with Gasteiger partial charge in [-0.25, -0.2) is 8.78 Å². The van der Waals surface area contributed by atoms with E-state index in [1.54, 1.807) is 0 Å². The van der Waals surface area contributed by atoms with Crippen LogP contribution in [0.2, 0.25) is 0 Å². The Balaban J connectivity index is 0.00000208. The Labute approximate surface area is 148 Å². The predicted molar refractivity (Wildman–Crippen MR) is 96.9 cm³/mol. The van der Waals surface area contributed by atoms with E-state index in [-0.39, 0.29) is 24.9 Å². The molecule has 24 heavy (non-hydrogen) atoms. The van der Waals surface area contributed by atoms with Gasteiger partial charge in [0.15, 0.2) is 0 Å². The molecule has 0 aromatic heterocycles. The lowest BCUT2D eigenvalue weighted by Crippen LogP contribution is -2.45. The number of halogens is 3. The van der Waals surface area contributed by atoms with Gasteiger partial charge in [0.05, 0.1) is 0 Å². The molecule has 0 amide bonds. The van der Waals surface area contributed by atoms with Gasteiger partial charge in [-0.3, -0.25) is 4.90 Å². The van der Waals surface area contributed by atoms with Crippen molar-refractivity contribution in [2.75, 3.05) is 26.2 Å². The van der Waals surface area contributed by atoms with Crippen molar-refractivity contribution in [1.82, 2.24) is 10.2 Å². The molecule has 0 bridgehead atoms. The van der Waals surface area contributed by atoms with Gasteiger partial charge in [-0.1, -0.05) is 48.5 Å². The smallest absolute Gasteiger partial charge is 0.240 e. The van der Waals surface area contributed by atoms with Crippen LogP contribution in [0.5, 0.6) is 0 Å². The number of hydrogen-bond donors (Lipinski definition) is 1. The summed E-state index contributed by atoms with van der Waals surface area (Å²) in [6.07, 6.45) is -2.41. The molecule has 1 aliphatic heterocycles. The molecule has 0 radical (unpaired) electrons. The first-order chi connectivity index (χ1) is 11.2. The summed E-state index contributed by atoms with van der Waals surface area (Å²) >= 11 is 0. The Bertz CT molecular complexity index is 616.